The van der Waals surface area contributed by atoms with Gasteiger partial charge in [0.25, 0.3) is 0 Å². The molecule has 0 bridgehead atoms. The van der Waals surface area contributed by atoms with E-state index in [1.54, 1.807) is 11.7 Å². The van der Waals surface area contributed by atoms with Gasteiger partial charge in [-0.25, -0.2) is 4.79 Å². The van der Waals surface area contributed by atoms with Gasteiger partial charge in [-0.15, -0.1) is 0 Å². The lowest BCUT2D eigenvalue weighted by Crippen LogP contribution is -2.00. The highest BCUT2D eigenvalue weighted by Gasteiger charge is 2.18. The Balaban J connectivity index is 2.24. The number of carboxylic acids is 1. The zero-order chi connectivity index (χ0) is 13.6. The van der Waals surface area contributed by atoms with E-state index in [1.165, 1.54) is 6.20 Å². The van der Waals surface area contributed by atoms with Crippen LogP contribution in [0.1, 0.15) is 15.9 Å². The summed E-state index contributed by atoms with van der Waals surface area (Å²) in [5.74, 6) is -0.974. The van der Waals surface area contributed by atoms with Gasteiger partial charge in [-0.2, -0.15) is 5.10 Å². The van der Waals surface area contributed by atoms with Crippen molar-refractivity contribution in [1.29, 1.82) is 0 Å². The molecule has 0 saturated heterocycles. The maximum absolute atomic E-state index is 11.2. The summed E-state index contributed by atoms with van der Waals surface area (Å²) in [6.45, 7) is 2.02. The van der Waals surface area contributed by atoms with Crippen LogP contribution in [0, 0.1) is 6.92 Å². The molecule has 0 radical (unpaired) electrons. The maximum atomic E-state index is 11.2. The van der Waals surface area contributed by atoms with Crippen molar-refractivity contribution in [2.75, 3.05) is 0 Å². The number of fused-ring (bicyclic) bond motifs is 1. The Bertz CT molecular complexity index is 783. The summed E-state index contributed by atoms with van der Waals surface area (Å²) in [6, 6.07) is 8.02. The zero-order valence-corrected chi connectivity index (χ0v) is 10.6. The summed E-state index contributed by atoms with van der Waals surface area (Å²) in [5.41, 5.74) is 3.70. The quantitative estimate of drug-likeness (QED) is 0.739. The summed E-state index contributed by atoms with van der Waals surface area (Å²) >= 11 is 0. The highest BCUT2D eigenvalue weighted by Crippen LogP contribution is 2.27. The molecule has 0 spiro atoms. The standard InChI is InChI=1S/C14H13N3O2/c1-8-3-4-9-6-12(16-11(9)5-8)13-10(14(18)19)7-15-17(13)2/h3-7,16H,1-2H3,(H,18,19). The molecule has 0 fully saturated rings. The number of nitrogens with zero attached hydrogens (tertiary/aromatic N) is 2. The van der Waals surface area contributed by atoms with E-state index >= 15 is 0 Å². The van der Waals surface area contributed by atoms with Gasteiger partial charge in [0.05, 0.1) is 17.6 Å². The van der Waals surface area contributed by atoms with Crippen LogP contribution in [-0.4, -0.2) is 25.8 Å². The van der Waals surface area contributed by atoms with Crippen LogP contribution in [0.5, 0.6) is 0 Å². The number of aromatic nitrogens is 3. The second-order valence-electron chi connectivity index (χ2n) is 4.61. The van der Waals surface area contributed by atoms with Crippen molar-refractivity contribution in [1.82, 2.24) is 14.8 Å². The molecule has 19 heavy (non-hydrogen) atoms. The van der Waals surface area contributed by atoms with E-state index in [9.17, 15) is 9.90 Å². The molecule has 1 aromatic carbocycles. The minimum Gasteiger partial charge on any atom is -0.478 e. The second kappa shape index (κ2) is 3.98. The molecule has 2 N–H and O–H groups in total. The average Bonchev–Trinajstić information content (AvgIpc) is 2.91. The van der Waals surface area contributed by atoms with Crippen LogP contribution < -0.4 is 0 Å². The van der Waals surface area contributed by atoms with Crippen LogP contribution in [0.4, 0.5) is 0 Å². The molecule has 0 unspecified atom stereocenters. The number of aromatic amines is 1. The fraction of sp³-hybridized carbons (Fsp3) is 0.143. The SMILES string of the molecule is Cc1ccc2cc(-c3c(C(=O)O)cnn3C)[nH]c2c1. The first-order valence-corrected chi connectivity index (χ1v) is 5.91. The van der Waals surface area contributed by atoms with E-state index < -0.39 is 5.97 Å². The fourth-order valence-corrected chi connectivity index (χ4v) is 2.28. The van der Waals surface area contributed by atoms with Crippen molar-refractivity contribution in [3.05, 3.63) is 41.6 Å². The molecule has 5 nitrogen and oxygen atoms in total. The highest BCUT2D eigenvalue weighted by molar-refractivity contribution is 5.96. The minimum absolute atomic E-state index is 0.200. The molecule has 0 aliphatic carbocycles. The largest absolute Gasteiger partial charge is 0.478 e. The number of aromatic carboxylic acids is 1. The summed E-state index contributed by atoms with van der Waals surface area (Å²) in [4.78, 5) is 14.5. The smallest absolute Gasteiger partial charge is 0.339 e. The topological polar surface area (TPSA) is 70.9 Å². The van der Waals surface area contributed by atoms with Crippen molar-refractivity contribution in [3.63, 3.8) is 0 Å². The van der Waals surface area contributed by atoms with E-state index in [2.05, 4.69) is 10.1 Å². The molecule has 0 saturated carbocycles. The van der Waals surface area contributed by atoms with E-state index in [0.717, 1.165) is 22.2 Å². The van der Waals surface area contributed by atoms with Gasteiger partial charge in [-0.05, 0) is 24.6 Å². The Morgan fingerprint density at radius 3 is 2.89 bits per heavy atom. The van der Waals surface area contributed by atoms with Crippen molar-refractivity contribution >= 4 is 16.9 Å². The predicted molar refractivity (Wildman–Crippen MR) is 72.2 cm³/mol. The first kappa shape index (κ1) is 11.5. The number of carboxylic acid groups (broad SMARTS) is 1. The zero-order valence-electron chi connectivity index (χ0n) is 10.6. The third kappa shape index (κ3) is 1.79. The Labute approximate surface area is 109 Å². The van der Waals surface area contributed by atoms with Crippen LogP contribution in [-0.2, 0) is 7.05 Å². The Morgan fingerprint density at radius 1 is 1.37 bits per heavy atom. The van der Waals surface area contributed by atoms with Crippen molar-refractivity contribution < 1.29 is 9.90 Å². The minimum atomic E-state index is -0.974. The molecule has 0 aliphatic heterocycles. The first-order valence-electron chi connectivity index (χ1n) is 5.91. The Hall–Kier alpha value is -2.56. The van der Waals surface area contributed by atoms with E-state index in [4.69, 9.17) is 0 Å². The van der Waals surface area contributed by atoms with Crippen LogP contribution >= 0.6 is 0 Å². The highest BCUT2D eigenvalue weighted by atomic mass is 16.4. The number of nitrogens with one attached hydrogen (secondary N) is 1. The molecule has 2 aromatic heterocycles. The van der Waals surface area contributed by atoms with Gasteiger partial charge in [-0.3, -0.25) is 4.68 Å². The van der Waals surface area contributed by atoms with E-state index in [-0.39, 0.29) is 5.56 Å². The normalized spacial score (nSPS) is 11.1. The van der Waals surface area contributed by atoms with Crippen molar-refractivity contribution in [3.8, 4) is 11.4 Å². The van der Waals surface area contributed by atoms with Gasteiger partial charge < -0.3 is 10.1 Å². The number of H-pyrrole nitrogens is 1. The predicted octanol–water partition coefficient (Wildman–Crippen LogP) is 2.58. The Morgan fingerprint density at radius 2 is 2.16 bits per heavy atom. The van der Waals surface area contributed by atoms with Crippen LogP contribution in [0.15, 0.2) is 30.5 Å². The number of hydrogen-bond acceptors (Lipinski definition) is 2. The lowest BCUT2D eigenvalue weighted by atomic mass is 10.1. The first-order chi connectivity index (χ1) is 9.06. The molecular formula is C14H13N3O2. The monoisotopic (exact) mass is 255 g/mol. The molecule has 3 aromatic rings. The van der Waals surface area contributed by atoms with Crippen LogP contribution in [0.2, 0.25) is 0 Å². The van der Waals surface area contributed by atoms with E-state index in [1.807, 2.05) is 31.2 Å². The van der Waals surface area contributed by atoms with Gasteiger partial charge in [0.1, 0.15) is 5.56 Å². The fourth-order valence-electron chi connectivity index (χ4n) is 2.28. The van der Waals surface area contributed by atoms with Gasteiger partial charge >= 0.3 is 5.97 Å². The summed E-state index contributed by atoms with van der Waals surface area (Å²) in [6.07, 6.45) is 1.37. The second-order valence-corrected chi connectivity index (χ2v) is 4.61. The lowest BCUT2D eigenvalue weighted by Gasteiger charge is -2.00. The van der Waals surface area contributed by atoms with Crippen LogP contribution in [0.3, 0.4) is 0 Å². The molecule has 3 rings (SSSR count). The van der Waals surface area contributed by atoms with Crippen molar-refractivity contribution in [2.24, 2.45) is 7.05 Å². The lowest BCUT2D eigenvalue weighted by molar-refractivity contribution is 0.0697. The molecule has 5 heteroatoms. The van der Waals surface area contributed by atoms with Gasteiger partial charge in [0.2, 0.25) is 0 Å². The molecule has 0 amide bonds. The molecular weight excluding hydrogens is 242 g/mol. The van der Waals surface area contributed by atoms with Crippen molar-refractivity contribution in [2.45, 2.75) is 6.92 Å². The summed E-state index contributed by atoms with van der Waals surface area (Å²) < 4.78 is 1.57. The molecule has 0 atom stereocenters. The average molecular weight is 255 g/mol. The summed E-state index contributed by atoms with van der Waals surface area (Å²) in [5, 5.41) is 14.3. The van der Waals surface area contributed by atoms with Gasteiger partial charge in [0.15, 0.2) is 0 Å². The molecule has 0 aliphatic rings. The molecule has 96 valence electrons. The number of hydrogen-bond donors (Lipinski definition) is 2. The van der Waals surface area contributed by atoms with Gasteiger partial charge in [0, 0.05) is 18.0 Å². The van der Waals surface area contributed by atoms with Gasteiger partial charge in [-0.1, -0.05) is 12.1 Å². The summed E-state index contributed by atoms with van der Waals surface area (Å²) in [7, 11) is 1.73. The Kier molecular flexibility index (Phi) is 2.41. The third-order valence-corrected chi connectivity index (χ3v) is 3.20. The number of aryl methyl sites for hydroxylation is 2. The van der Waals surface area contributed by atoms with E-state index in [0.29, 0.717) is 5.69 Å². The molecule has 2 heterocycles. The third-order valence-electron chi connectivity index (χ3n) is 3.20. The number of rotatable bonds is 2. The van der Waals surface area contributed by atoms with Crippen LogP contribution in [0.25, 0.3) is 22.3 Å². The maximum Gasteiger partial charge on any atom is 0.339 e. The number of benzene rings is 1. The number of carbonyl (C=O) groups is 1.